The van der Waals surface area contributed by atoms with Gasteiger partial charge in [-0.2, -0.15) is 0 Å². The van der Waals surface area contributed by atoms with Gasteiger partial charge in [0.15, 0.2) is 0 Å². The molecule has 0 unspecified atom stereocenters. The van der Waals surface area contributed by atoms with E-state index in [4.69, 9.17) is 9.47 Å². The zero-order valence-corrected chi connectivity index (χ0v) is 19.3. The van der Waals surface area contributed by atoms with Crippen molar-refractivity contribution in [1.82, 2.24) is 0 Å². The predicted molar refractivity (Wildman–Crippen MR) is 130 cm³/mol. The minimum Gasteiger partial charge on any atom is -0.494 e. The molecule has 2 aromatic rings. The average molecular weight is 423 g/mol. The fraction of sp³-hybridized carbons (Fsp3) is 0.464. The van der Waals surface area contributed by atoms with E-state index < -0.39 is 0 Å². The zero-order valence-electron chi connectivity index (χ0n) is 19.3. The maximum atomic E-state index is 12.1. The Hall–Kier alpha value is -2.55. The van der Waals surface area contributed by atoms with E-state index in [0.29, 0.717) is 5.75 Å². The fourth-order valence-corrected chi connectivity index (χ4v) is 3.37. The van der Waals surface area contributed by atoms with Crippen LogP contribution in [0.5, 0.6) is 11.5 Å². The smallest absolute Gasteiger partial charge is 0.336 e. The molecule has 168 valence electrons. The zero-order chi connectivity index (χ0) is 22.2. The number of benzene rings is 2. The summed E-state index contributed by atoms with van der Waals surface area (Å²) in [5.41, 5.74) is 2.23. The van der Waals surface area contributed by atoms with Crippen LogP contribution in [0.1, 0.15) is 82.8 Å². The van der Waals surface area contributed by atoms with Crippen molar-refractivity contribution in [1.29, 1.82) is 0 Å². The standard InChI is InChI=1S/C28H38O3/c1-3-5-7-9-11-23-30-26-18-13-25(14-19-26)17-22-28(29)31-27-20-15-24(16-21-27)12-10-8-6-4-2/h13-22H,3-12,23H2,1-2H3. The SMILES string of the molecule is CCCCCCCOc1ccc(C=CC(=O)Oc2ccc(CCCCCC)cc2)cc1. The van der Waals surface area contributed by atoms with Crippen molar-refractivity contribution in [3.8, 4) is 11.5 Å². The second kappa shape index (κ2) is 15.3. The van der Waals surface area contributed by atoms with Gasteiger partial charge in [-0.05, 0) is 60.7 Å². The van der Waals surface area contributed by atoms with Gasteiger partial charge >= 0.3 is 5.97 Å². The summed E-state index contributed by atoms with van der Waals surface area (Å²) in [6, 6.07) is 15.6. The molecule has 0 fully saturated rings. The minimum absolute atomic E-state index is 0.372. The summed E-state index contributed by atoms with van der Waals surface area (Å²) in [5.74, 6) is 1.07. The molecule has 0 N–H and O–H groups in total. The third-order valence-corrected chi connectivity index (χ3v) is 5.27. The summed E-state index contributed by atoms with van der Waals surface area (Å²) in [4.78, 5) is 12.1. The van der Waals surface area contributed by atoms with Gasteiger partial charge in [0, 0.05) is 6.08 Å². The normalized spacial score (nSPS) is 11.0. The molecule has 0 heterocycles. The molecule has 0 radical (unpaired) electrons. The lowest BCUT2D eigenvalue weighted by Crippen LogP contribution is -2.03. The molecular weight excluding hydrogens is 384 g/mol. The molecule has 0 aliphatic heterocycles. The Morgan fingerprint density at radius 1 is 0.742 bits per heavy atom. The van der Waals surface area contributed by atoms with Crippen molar-refractivity contribution in [3.63, 3.8) is 0 Å². The number of hydrogen-bond acceptors (Lipinski definition) is 3. The number of aryl methyl sites for hydroxylation is 1. The number of rotatable bonds is 15. The van der Waals surface area contributed by atoms with E-state index in [1.165, 1.54) is 63.0 Å². The highest BCUT2D eigenvalue weighted by Crippen LogP contribution is 2.16. The van der Waals surface area contributed by atoms with Gasteiger partial charge in [0.1, 0.15) is 11.5 Å². The average Bonchev–Trinajstić information content (AvgIpc) is 2.79. The van der Waals surface area contributed by atoms with Crippen LogP contribution < -0.4 is 9.47 Å². The monoisotopic (exact) mass is 422 g/mol. The highest BCUT2D eigenvalue weighted by Gasteiger charge is 2.02. The van der Waals surface area contributed by atoms with Crippen LogP contribution >= 0.6 is 0 Å². The molecule has 0 saturated heterocycles. The first-order valence-corrected chi connectivity index (χ1v) is 11.9. The van der Waals surface area contributed by atoms with Crippen LogP contribution in [0.25, 0.3) is 6.08 Å². The van der Waals surface area contributed by atoms with E-state index >= 15 is 0 Å². The summed E-state index contributed by atoms with van der Waals surface area (Å²) >= 11 is 0. The van der Waals surface area contributed by atoms with Crippen LogP contribution in [0.4, 0.5) is 0 Å². The van der Waals surface area contributed by atoms with E-state index in [9.17, 15) is 4.79 Å². The van der Waals surface area contributed by atoms with Gasteiger partial charge in [-0.3, -0.25) is 0 Å². The second-order valence-corrected chi connectivity index (χ2v) is 8.04. The van der Waals surface area contributed by atoms with Crippen LogP contribution in [0.3, 0.4) is 0 Å². The molecule has 3 nitrogen and oxygen atoms in total. The largest absolute Gasteiger partial charge is 0.494 e. The van der Waals surface area contributed by atoms with Gasteiger partial charge < -0.3 is 9.47 Å². The molecule has 0 aromatic heterocycles. The molecule has 0 spiro atoms. The molecule has 2 aromatic carbocycles. The van der Waals surface area contributed by atoms with Crippen molar-refractivity contribution in [3.05, 3.63) is 65.7 Å². The maximum Gasteiger partial charge on any atom is 0.336 e. The van der Waals surface area contributed by atoms with Gasteiger partial charge in [0.25, 0.3) is 0 Å². The predicted octanol–water partition coefficient (Wildman–Crippen LogP) is 7.78. The lowest BCUT2D eigenvalue weighted by atomic mass is 10.1. The molecule has 3 heteroatoms. The minimum atomic E-state index is -0.372. The van der Waals surface area contributed by atoms with Crippen molar-refractivity contribution < 1.29 is 14.3 Å². The third kappa shape index (κ3) is 10.9. The summed E-state index contributed by atoms with van der Waals surface area (Å²) in [5, 5.41) is 0. The number of unbranched alkanes of at least 4 members (excludes halogenated alkanes) is 7. The summed E-state index contributed by atoms with van der Waals surface area (Å²) in [6.45, 7) is 5.20. The Balaban J connectivity index is 1.71. The van der Waals surface area contributed by atoms with E-state index in [2.05, 4.69) is 13.8 Å². The van der Waals surface area contributed by atoms with Crippen LogP contribution in [-0.4, -0.2) is 12.6 Å². The molecule has 0 saturated carbocycles. The van der Waals surface area contributed by atoms with Crippen molar-refractivity contribution in [2.75, 3.05) is 6.61 Å². The fourth-order valence-electron chi connectivity index (χ4n) is 3.37. The number of esters is 1. The number of ether oxygens (including phenoxy) is 2. The Morgan fingerprint density at radius 3 is 2.03 bits per heavy atom. The number of carbonyl (C=O) groups excluding carboxylic acids is 1. The molecule has 0 aliphatic rings. The second-order valence-electron chi connectivity index (χ2n) is 8.04. The quantitative estimate of drug-likeness (QED) is 0.127. The van der Waals surface area contributed by atoms with Crippen LogP contribution in [0, 0.1) is 0 Å². The Bertz CT molecular complexity index is 760. The molecule has 2 rings (SSSR count). The topological polar surface area (TPSA) is 35.5 Å². The summed E-state index contributed by atoms with van der Waals surface area (Å²) < 4.78 is 11.2. The van der Waals surface area contributed by atoms with Gasteiger partial charge in [0.05, 0.1) is 6.61 Å². The summed E-state index contributed by atoms with van der Waals surface area (Å²) in [6.07, 6.45) is 15.5. The first kappa shape index (κ1) is 24.7. The first-order valence-electron chi connectivity index (χ1n) is 11.9. The molecule has 0 bridgehead atoms. The molecular formula is C28H38O3. The Labute approximate surface area is 188 Å². The lowest BCUT2D eigenvalue weighted by Gasteiger charge is -2.06. The van der Waals surface area contributed by atoms with Crippen molar-refractivity contribution in [2.45, 2.75) is 78.1 Å². The number of carbonyl (C=O) groups is 1. The summed E-state index contributed by atoms with van der Waals surface area (Å²) in [7, 11) is 0. The van der Waals surface area contributed by atoms with Crippen molar-refractivity contribution >= 4 is 12.0 Å². The number of hydrogen-bond donors (Lipinski definition) is 0. The highest BCUT2D eigenvalue weighted by molar-refractivity contribution is 5.88. The van der Waals surface area contributed by atoms with E-state index in [1.807, 2.05) is 48.5 Å². The van der Waals surface area contributed by atoms with Crippen LogP contribution in [-0.2, 0) is 11.2 Å². The Kier molecular flexibility index (Phi) is 12.2. The van der Waals surface area contributed by atoms with E-state index in [-0.39, 0.29) is 5.97 Å². The van der Waals surface area contributed by atoms with Gasteiger partial charge in [0.2, 0.25) is 0 Å². The molecule has 0 aliphatic carbocycles. The highest BCUT2D eigenvalue weighted by atomic mass is 16.5. The maximum absolute atomic E-state index is 12.1. The van der Waals surface area contributed by atoms with Crippen molar-refractivity contribution in [2.24, 2.45) is 0 Å². The van der Waals surface area contributed by atoms with E-state index in [0.717, 1.165) is 30.8 Å². The van der Waals surface area contributed by atoms with Gasteiger partial charge in [-0.15, -0.1) is 0 Å². The van der Waals surface area contributed by atoms with E-state index in [1.54, 1.807) is 6.08 Å². The van der Waals surface area contributed by atoms with Crippen LogP contribution in [0.15, 0.2) is 54.6 Å². The molecule has 0 amide bonds. The molecule has 31 heavy (non-hydrogen) atoms. The first-order chi connectivity index (χ1) is 15.2. The Morgan fingerprint density at radius 2 is 1.35 bits per heavy atom. The van der Waals surface area contributed by atoms with Crippen LogP contribution in [0.2, 0.25) is 0 Å². The molecule has 0 atom stereocenters. The third-order valence-electron chi connectivity index (χ3n) is 5.27. The van der Waals surface area contributed by atoms with Gasteiger partial charge in [-0.25, -0.2) is 4.79 Å². The van der Waals surface area contributed by atoms with Gasteiger partial charge in [-0.1, -0.05) is 83.1 Å². The lowest BCUT2D eigenvalue weighted by molar-refractivity contribution is -0.128.